The molecule has 2 fully saturated rings. The lowest BCUT2D eigenvalue weighted by atomic mass is 9.78. The van der Waals surface area contributed by atoms with Gasteiger partial charge >= 0.3 is 0 Å². The number of nitrogens with zero attached hydrogens (tertiary/aromatic N) is 1. The molecule has 1 heterocycles. The molecule has 0 aromatic carbocycles. The molecule has 2 rings (SSSR count). The van der Waals surface area contributed by atoms with Crippen molar-refractivity contribution in [3.8, 4) is 0 Å². The first-order chi connectivity index (χ1) is 8.56. The summed E-state index contributed by atoms with van der Waals surface area (Å²) >= 11 is 0. The van der Waals surface area contributed by atoms with E-state index in [-0.39, 0.29) is 0 Å². The van der Waals surface area contributed by atoms with Gasteiger partial charge < -0.3 is 0 Å². The third-order valence-corrected chi connectivity index (χ3v) is 4.82. The highest BCUT2D eigenvalue weighted by molar-refractivity contribution is 5.76. The van der Waals surface area contributed by atoms with Crippen molar-refractivity contribution < 1.29 is 4.79 Å². The Morgan fingerprint density at radius 1 is 1.11 bits per heavy atom. The van der Waals surface area contributed by atoms with Gasteiger partial charge in [-0.25, -0.2) is 0 Å². The molecule has 0 bridgehead atoms. The van der Waals surface area contributed by atoms with Crippen LogP contribution < -0.4 is 0 Å². The number of Topliss-reactive ketones (excluding diaryl/α,β-unsaturated/α-hetero) is 1. The minimum atomic E-state index is 0.365. The lowest BCUT2D eigenvalue weighted by molar-refractivity contribution is -0.119. The molecule has 0 amide bonds. The van der Waals surface area contributed by atoms with Crippen LogP contribution in [0.5, 0.6) is 0 Å². The first kappa shape index (κ1) is 14.0. The SMILES string of the molecule is CC(=O)CC1CCCCN1C1CC(C)CC(C)C1. The van der Waals surface area contributed by atoms with E-state index in [1.54, 1.807) is 6.92 Å². The highest BCUT2D eigenvalue weighted by Crippen LogP contribution is 2.35. The molecular weight excluding hydrogens is 222 g/mol. The molecule has 0 radical (unpaired) electrons. The quantitative estimate of drug-likeness (QED) is 0.763. The van der Waals surface area contributed by atoms with Crippen molar-refractivity contribution in [3.63, 3.8) is 0 Å². The van der Waals surface area contributed by atoms with Crippen molar-refractivity contribution in [2.45, 2.75) is 77.8 Å². The predicted molar refractivity (Wildman–Crippen MR) is 75.6 cm³/mol. The molecule has 2 nitrogen and oxygen atoms in total. The van der Waals surface area contributed by atoms with Crippen molar-refractivity contribution in [2.75, 3.05) is 6.54 Å². The zero-order valence-corrected chi connectivity index (χ0v) is 12.3. The van der Waals surface area contributed by atoms with E-state index >= 15 is 0 Å². The van der Waals surface area contributed by atoms with E-state index in [9.17, 15) is 4.79 Å². The van der Waals surface area contributed by atoms with Crippen molar-refractivity contribution in [1.29, 1.82) is 0 Å². The minimum Gasteiger partial charge on any atom is -0.300 e. The molecule has 0 aromatic heterocycles. The number of piperidine rings is 1. The molecule has 0 aromatic rings. The lowest BCUT2D eigenvalue weighted by Crippen LogP contribution is -2.49. The van der Waals surface area contributed by atoms with E-state index in [4.69, 9.17) is 0 Å². The molecule has 0 spiro atoms. The Morgan fingerprint density at radius 2 is 1.78 bits per heavy atom. The summed E-state index contributed by atoms with van der Waals surface area (Å²) in [6.45, 7) is 7.76. The van der Waals surface area contributed by atoms with Crippen LogP contribution in [0, 0.1) is 11.8 Å². The van der Waals surface area contributed by atoms with Gasteiger partial charge in [-0.15, -0.1) is 0 Å². The Balaban J connectivity index is 2.01. The third-order valence-electron chi connectivity index (χ3n) is 4.82. The summed E-state index contributed by atoms with van der Waals surface area (Å²) in [6, 6.07) is 1.28. The standard InChI is InChI=1S/C16H29NO/c1-12-8-13(2)10-16(9-12)17-7-5-4-6-15(17)11-14(3)18/h12-13,15-16H,4-11H2,1-3H3. The van der Waals surface area contributed by atoms with Crippen molar-refractivity contribution in [1.82, 2.24) is 4.90 Å². The first-order valence-electron chi connectivity index (χ1n) is 7.81. The van der Waals surface area contributed by atoms with Gasteiger partial charge in [-0.05, 0) is 57.4 Å². The Bertz CT molecular complexity index is 279. The summed E-state index contributed by atoms with van der Waals surface area (Å²) in [5.41, 5.74) is 0. The highest BCUT2D eigenvalue weighted by Gasteiger charge is 2.33. The molecule has 18 heavy (non-hydrogen) atoms. The summed E-state index contributed by atoms with van der Waals surface area (Å²) in [4.78, 5) is 14.1. The third kappa shape index (κ3) is 3.57. The molecule has 1 saturated heterocycles. The van der Waals surface area contributed by atoms with Gasteiger partial charge in [0.15, 0.2) is 0 Å². The minimum absolute atomic E-state index is 0.365. The number of hydrogen-bond donors (Lipinski definition) is 0. The van der Waals surface area contributed by atoms with E-state index in [1.165, 1.54) is 45.1 Å². The van der Waals surface area contributed by atoms with E-state index in [0.717, 1.165) is 24.3 Å². The fourth-order valence-electron chi connectivity index (χ4n) is 4.23. The molecule has 0 N–H and O–H groups in total. The number of likely N-dealkylation sites (tertiary alicyclic amines) is 1. The second kappa shape index (κ2) is 6.18. The number of carbonyl (C=O) groups excluding carboxylic acids is 1. The first-order valence-corrected chi connectivity index (χ1v) is 7.81. The van der Waals surface area contributed by atoms with Crippen LogP contribution in [-0.2, 0) is 4.79 Å². The Morgan fingerprint density at radius 3 is 2.39 bits per heavy atom. The summed E-state index contributed by atoms with van der Waals surface area (Å²) in [5.74, 6) is 2.08. The van der Waals surface area contributed by atoms with Gasteiger partial charge in [0.25, 0.3) is 0 Å². The van der Waals surface area contributed by atoms with E-state index in [2.05, 4.69) is 18.7 Å². The van der Waals surface area contributed by atoms with Gasteiger partial charge in [-0.1, -0.05) is 20.3 Å². The average molecular weight is 251 g/mol. The summed E-state index contributed by atoms with van der Waals surface area (Å²) in [7, 11) is 0. The fourth-order valence-corrected chi connectivity index (χ4v) is 4.23. The molecule has 3 atom stereocenters. The van der Waals surface area contributed by atoms with Gasteiger partial charge in [0, 0.05) is 18.5 Å². The maximum atomic E-state index is 11.4. The number of rotatable bonds is 3. The van der Waals surface area contributed by atoms with Crippen molar-refractivity contribution in [3.05, 3.63) is 0 Å². The molecule has 2 heteroatoms. The van der Waals surface area contributed by atoms with Crippen molar-refractivity contribution >= 4 is 5.78 Å². The van der Waals surface area contributed by atoms with Gasteiger partial charge in [0.05, 0.1) is 0 Å². The van der Waals surface area contributed by atoms with Gasteiger partial charge in [0.1, 0.15) is 5.78 Å². The van der Waals surface area contributed by atoms with Crippen LogP contribution in [0.25, 0.3) is 0 Å². The Kier molecular flexibility index (Phi) is 4.83. The van der Waals surface area contributed by atoms with Crippen LogP contribution in [0.15, 0.2) is 0 Å². The zero-order chi connectivity index (χ0) is 13.1. The number of hydrogen-bond acceptors (Lipinski definition) is 2. The van der Waals surface area contributed by atoms with Crippen LogP contribution in [-0.4, -0.2) is 29.3 Å². The van der Waals surface area contributed by atoms with Crippen LogP contribution in [0.3, 0.4) is 0 Å². The monoisotopic (exact) mass is 251 g/mol. The van der Waals surface area contributed by atoms with Crippen molar-refractivity contribution in [2.24, 2.45) is 11.8 Å². The largest absolute Gasteiger partial charge is 0.300 e. The molecule has 1 saturated carbocycles. The highest BCUT2D eigenvalue weighted by atomic mass is 16.1. The zero-order valence-electron chi connectivity index (χ0n) is 12.3. The Labute approximate surface area is 112 Å². The molecule has 2 aliphatic rings. The van der Waals surface area contributed by atoms with Gasteiger partial charge in [0.2, 0.25) is 0 Å². The summed E-state index contributed by atoms with van der Waals surface area (Å²) in [5, 5.41) is 0. The van der Waals surface area contributed by atoms with Crippen LogP contribution in [0.2, 0.25) is 0 Å². The molecule has 1 aliphatic heterocycles. The molecular formula is C16H29NO. The predicted octanol–water partition coefficient (Wildman–Crippen LogP) is 3.64. The van der Waals surface area contributed by atoms with Gasteiger partial charge in [-0.3, -0.25) is 9.69 Å². The normalized spacial score (nSPS) is 38.6. The van der Waals surface area contributed by atoms with Crippen LogP contribution in [0.4, 0.5) is 0 Å². The molecule has 1 aliphatic carbocycles. The summed E-state index contributed by atoms with van der Waals surface area (Å²) < 4.78 is 0. The van der Waals surface area contributed by atoms with E-state index in [0.29, 0.717) is 11.8 Å². The van der Waals surface area contributed by atoms with E-state index in [1.807, 2.05) is 0 Å². The molecule has 104 valence electrons. The number of ketones is 1. The smallest absolute Gasteiger partial charge is 0.131 e. The second-order valence-electron chi connectivity index (χ2n) is 6.86. The number of carbonyl (C=O) groups is 1. The Hall–Kier alpha value is -0.370. The summed E-state index contributed by atoms with van der Waals surface area (Å²) in [6.07, 6.45) is 8.73. The fraction of sp³-hybridized carbons (Fsp3) is 0.938. The topological polar surface area (TPSA) is 20.3 Å². The van der Waals surface area contributed by atoms with Crippen LogP contribution in [0.1, 0.15) is 65.7 Å². The lowest BCUT2D eigenvalue weighted by Gasteiger charge is -2.45. The maximum Gasteiger partial charge on any atom is 0.131 e. The average Bonchev–Trinajstić information content (AvgIpc) is 2.27. The second-order valence-corrected chi connectivity index (χ2v) is 6.86. The van der Waals surface area contributed by atoms with Crippen LogP contribution >= 0.6 is 0 Å². The maximum absolute atomic E-state index is 11.4. The molecule has 3 unspecified atom stereocenters. The van der Waals surface area contributed by atoms with E-state index < -0.39 is 0 Å². The van der Waals surface area contributed by atoms with Gasteiger partial charge in [-0.2, -0.15) is 0 Å².